The number of azide groups is 1. The van der Waals surface area contributed by atoms with Gasteiger partial charge in [-0.25, -0.2) is 22.0 Å². The Hall–Kier alpha value is -3.76. The van der Waals surface area contributed by atoms with Crippen LogP contribution in [0.1, 0.15) is 25.1 Å². The van der Waals surface area contributed by atoms with Crippen LogP contribution in [-0.2, 0) is 35.6 Å². The SMILES string of the molecule is CCOC(=O)C(=Cc1ccn(S(=O)(=O)c2ccc(OC)cc2)c1CN=[N+]=[N-])C(=O)OCC. The summed E-state index contributed by atoms with van der Waals surface area (Å²) in [5.41, 5.74) is 8.54. The molecule has 170 valence electrons. The predicted octanol–water partition coefficient (Wildman–Crippen LogP) is 3.05. The van der Waals surface area contributed by atoms with Gasteiger partial charge in [0.15, 0.2) is 0 Å². The fourth-order valence-corrected chi connectivity index (χ4v) is 4.09. The highest BCUT2D eigenvalue weighted by Gasteiger charge is 2.25. The summed E-state index contributed by atoms with van der Waals surface area (Å²) in [5, 5.41) is 3.45. The lowest BCUT2D eigenvalue weighted by Crippen LogP contribution is -2.18. The highest BCUT2D eigenvalue weighted by atomic mass is 32.2. The van der Waals surface area contributed by atoms with E-state index in [4.69, 9.17) is 19.7 Å². The van der Waals surface area contributed by atoms with Crippen molar-refractivity contribution in [3.63, 3.8) is 0 Å². The Morgan fingerprint density at radius 3 is 2.19 bits per heavy atom. The first-order valence-electron chi connectivity index (χ1n) is 9.46. The van der Waals surface area contributed by atoms with Crippen molar-refractivity contribution in [2.45, 2.75) is 25.3 Å². The maximum absolute atomic E-state index is 13.2. The summed E-state index contributed by atoms with van der Waals surface area (Å²) in [6, 6.07) is 7.09. The minimum atomic E-state index is -4.08. The Morgan fingerprint density at radius 1 is 1.09 bits per heavy atom. The van der Waals surface area contributed by atoms with E-state index in [2.05, 4.69) is 10.0 Å². The molecule has 0 saturated heterocycles. The van der Waals surface area contributed by atoms with Crippen LogP contribution in [-0.4, -0.2) is 44.7 Å². The Balaban J connectivity index is 2.64. The molecule has 0 bridgehead atoms. The lowest BCUT2D eigenvalue weighted by atomic mass is 10.1. The van der Waals surface area contributed by atoms with E-state index in [0.29, 0.717) is 5.75 Å². The van der Waals surface area contributed by atoms with Crippen LogP contribution in [0.15, 0.2) is 52.1 Å². The van der Waals surface area contributed by atoms with Crippen LogP contribution in [0.4, 0.5) is 0 Å². The number of benzene rings is 1. The van der Waals surface area contributed by atoms with E-state index in [1.807, 2.05) is 0 Å². The van der Waals surface area contributed by atoms with Crippen molar-refractivity contribution in [3.05, 3.63) is 63.8 Å². The molecule has 0 saturated carbocycles. The fraction of sp³-hybridized carbons (Fsp3) is 0.300. The molecule has 0 fully saturated rings. The third-order valence-corrected chi connectivity index (χ3v) is 5.91. The van der Waals surface area contributed by atoms with Crippen molar-refractivity contribution >= 4 is 28.0 Å². The Labute approximate surface area is 184 Å². The molecule has 0 N–H and O–H groups in total. The average molecular weight is 462 g/mol. The van der Waals surface area contributed by atoms with Crippen molar-refractivity contribution < 1.29 is 32.2 Å². The molecular formula is C20H22N4O7S. The maximum Gasteiger partial charge on any atom is 0.345 e. The third kappa shape index (κ3) is 5.48. The lowest BCUT2D eigenvalue weighted by Gasteiger charge is -2.11. The quantitative estimate of drug-likeness (QED) is 0.100. The van der Waals surface area contributed by atoms with Crippen LogP contribution in [0.3, 0.4) is 0 Å². The molecule has 1 heterocycles. The van der Waals surface area contributed by atoms with Crippen LogP contribution >= 0.6 is 0 Å². The number of rotatable bonds is 10. The van der Waals surface area contributed by atoms with Crippen molar-refractivity contribution in [3.8, 4) is 5.75 Å². The maximum atomic E-state index is 13.2. The van der Waals surface area contributed by atoms with Crippen LogP contribution in [0.25, 0.3) is 16.5 Å². The van der Waals surface area contributed by atoms with Crippen molar-refractivity contribution in [1.29, 1.82) is 0 Å². The van der Waals surface area contributed by atoms with Gasteiger partial charge in [-0.3, -0.25) is 0 Å². The monoisotopic (exact) mass is 462 g/mol. The Bertz CT molecular complexity index is 1140. The number of carbonyl (C=O) groups excluding carboxylic acids is 2. The van der Waals surface area contributed by atoms with Crippen LogP contribution in [0, 0.1) is 0 Å². The second kappa shape index (κ2) is 11.0. The molecule has 0 aliphatic rings. The van der Waals surface area contributed by atoms with Crippen LogP contribution < -0.4 is 4.74 Å². The van der Waals surface area contributed by atoms with Gasteiger partial charge in [-0.1, -0.05) is 5.11 Å². The van der Waals surface area contributed by atoms with E-state index in [-0.39, 0.29) is 35.9 Å². The van der Waals surface area contributed by atoms with Gasteiger partial charge in [0, 0.05) is 16.8 Å². The van der Waals surface area contributed by atoms with Gasteiger partial charge in [0.05, 0.1) is 31.8 Å². The van der Waals surface area contributed by atoms with Crippen LogP contribution in [0.5, 0.6) is 5.75 Å². The number of ether oxygens (including phenoxy) is 3. The summed E-state index contributed by atoms with van der Waals surface area (Å²) in [7, 11) is -2.63. The first kappa shape index (κ1) is 24.5. The van der Waals surface area contributed by atoms with Gasteiger partial charge in [0.2, 0.25) is 0 Å². The first-order chi connectivity index (χ1) is 15.3. The van der Waals surface area contributed by atoms with Crippen LogP contribution in [0.2, 0.25) is 0 Å². The highest BCUT2D eigenvalue weighted by molar-refractivity contribution is 7.90. The summed E-state index contributed by atoms with van der Waals surface area (Å²) in [6.45, 7) is 2.84. The molecule has 0 unspecified atom stereocenters. The summed E-state index contributed by atoms with van der Waals surface area (Å²) < 4.78 is 42.1. The molecule has 1 aromatic heterocycles. The summed E-state index contributed by atoms with van der Waals surface area (Å²) in [4.78, 5) is 27.2. The molecule has 11 nitrogen and oxygen atoms in total. The topological polar surface area (TPSA) is 150 Å². The van der Waals surface area contributed by atoms with Gasteiger partial charge < -0.3 is 14.2 Å². The van der Waals surface area contributed by atoms with Gasteiger partial charge in [-0.05, 0) is 61.3 Å². The second-order valence-corrected chi connectivity index (χ2v) is 7.90. The van der Waals surface area contributed by atoms with Gasteiger partial charge in [0.25, 0.3) is 10.0 Å². The molecular weight excluding hydrogens is 440 g/mol. The summed E-state index contributed by atoms with van der Waals surface area (Å²) >= 11 is 0. The molecule has 0 aliphatic heterocycles. The van der Waals surface area contributed by atoms with Gasteiger partial charge in [-0.15, -0.1) is 0 Å². The van der Waals surface area contributed by atoms with Crippen molar-refractivity contribution in [2.24, 2.45) is 5.11 Å². The van der Waals surface area contributed by atoms with Gasteiger partial charge in [-0.2, -0.15) is 0 Å². The number of esters is 2. The summed E-state index contributed by atoms with van der Waals surface area (Å²) in [6.07, 6.45) is 2.39. The van der Waals surface area contributed by atoms with E-state index in [1.54, 1.807) is 13.8 Å². The molecule has 0 amide bonds. The molecule has 2 aromatic rings. The zero-order chi connectivity index (χ0) is 23.7. The normalized spacial score (nSPS) is 10.6. The molecule has 0 atom stereocenters. The smallest absolute Gasteiger partial charge is 0.345 e. The third-order valence-electron chi connectivity index (χ3n) is 4.18. The summed E-state index contributed by atoms with van der Waals surface area (Å²) in [5.74, 6) is -1.37. The zero-order valence-corrected chi connectivity index (χ0v) is 18.5. The molecule has 12 heteroatoms. The van der Waals surface area contributed by atoms with E-state index in [0.717, 1.165) is 10.0 Å². The number of hydrogen-bond donors (Lipinski definition) is 0. The van der Waals surface area contributed by atoms with Crippen molar-refractivity contribution in [2.75, 3.05) is 20.3 Å². The lowest BCUT2D eigenvalue weighted by molar-refractivity contribution is -0.146. The zero-order valence-electron chi connectivity index (χ0n) is 17.7. The van der Waals surface area contributed by atoms with E-state index >= 15 is 0 Å². The molecule has 1 aromatic carbocycles. The molecule has 32 heavy (non-hydrogen) atoms. The number of nitrogens with zero attached hydrogens (tertiary/aromatic N) is 4. The number of aromatic nitrogens is 1. The largest absolute Gasteiger partial charge is 0.497 e. The number of carbonyl (C=O) groups is 2. The average Bonchev–Trinajstić information content (AvgIpc) is 3.19. The molecule has 2 rings (SSSR count). The predicted molar refractivity (Wildman–Crippen MR) is 114 cm³/mol. The molecule has 0 aliphatic carbocycles. The highest BCUT2D eigenvalue weighted by Crippen LogP contribution is 2.24. The van der Waals surface area contributed by atoms with E-state index < -0.39 is 27.5 Å². The van der Waals surface area contributed by atoms with Gasteiger partial charge in [0.1, 0.15) is 11.3 Å². The molecule has 0 radical (unpaired) electrons. The standard InChI is InChI=1S/C20H22N4O7S/c1-4-30-19(25)17(20(26)31-5-2)12-14-10-11-24(18(14)13-22-23-21)32(27,28)16-8-6-15(29-3)7-9-16/h6-12H,4-5,13H2,1-3H3. The van der Waals surface area contributed by atoms with Crippen molar-refractivity contribution in [1.82, 2.24) is 3.97 Å². The van der Waals surface area contributed by atoms with E-state index in [1.165, 1.54) is 43.6 Å². The number of hydrogen-bond acceptors (Lipinski definition) is 8. The number of methoxy groups -OCH3 is 1. The fourth-order valence-electron chi connectivity index (χ4n) is 2.71. The first-order valence-corrected chi connectivity index (χ1v) is 10.9. The van der Waals surface area contributed by atoms with Gasteiger partial charge >= 0.3 is 11.9 Å². The second-order valence-electron chi connectivity index (χ2n) is 6.08. The van der Waals surface area contributed by atoms with E-state index in [9.17, 15) is 18.0 Å². The minimum absolute atomic E-state index is 0.0218. The minimum Gasteiger partial charge on any atom is -0.497 e. The Morgan fingerprint density at radius 2 is 1.69 bits per heavy atom. The Kier molecular flexibility index (Phi) is 8.45. The molecule has 0 spiro atoms.